The van der Waals surface area contributed by atoms with Crippen LogP contribution in [0.1, 0.15) is 0 Å². The molecule has 1 heterocycles. The van der Waals surface area contributed by atoms with E-state index in [-0.39, 0.29) is 0 Å². The zero-order valence-electron chi connectivity index (χ0n) is 28.4. The van der Waals surface area contributed by atoms with Crippen LogP contribution in [-0.4, -0.2) is 0 Å². The number of hydrogen-bond acceptors (Lipinski definition) is 2. The topological polar surface area (TPSA) is 3.24 Å². The van der Waals surface area contributed by atoms with Crippen molar-refractivity contribution in [1.29, 1.82) is 0 Å². The van der Waals surface area contributed by atoms with E-state index in [4.69, 9.17) is 0 Å². The van der Waals surface area contributed by atoms with E-state index in [9.17, 15) is 0 Å². The molecule has 1 nitrogen and oxygen atoms in total. The van der Waals surface area contributed by atoms with E-state index in [2.05, 4.69) is 205 Å². The van der Waals surface area contributed by atoms with Crippen LogP contribution in [0.15, 0.2) is 200 Å². The predicted octanol–water partition coefficient (Wildman–Crippen LogP) is 14.8. The molecule has 244 valence electrons. The predicted molar refractivity (Wildman–Crippen MR) is 225 cm³/mol. The standard InChI is InChI=1S/C50H33NS/c1-3-9-34(10-4-1)36-19-24-42(25-20-36)51(43-26-21-37(22-27-43)35-11-5-2-6-12-35)44-28-30-50-48(33-44)47-32-41(23-29-49(47)52-50)40-18-17-39-16-15-38-13-7-8-14-45(38)46(39)31-40/h1-33H. The second-order valence-corrected chi connectivity index (χ2v) is 14.5. The summed E-state index contributed by atoms with van der Waals surface area (Å²) in [6.45, 7) is 0. The SMILES string of the molecule is c1ccc(-c2ccc(N(c3ccc(-c4ccccc4)cc3)c3ccc4sc5ccc(-c6ccc7ccc8ccccc8c7c6)cc5c4c3)cc2)cc1. The zero-order valence-corrected chi connectivity index (χ0v) is 29.2. The molecule has 0 aliphatic rings. The van der Waals surface area contributed by atoms with Gasteiger partial charge in [0.1, 0.15) is 0 Å². The fourth-order valence-electron chi connectivity index (χ4n) is 7.58. The molecular formula is C50H33NS. The van der Waals surface area contributed by atoms with Crippen molar-refractivity contribution in [2.24, 2.45) is 0 Å². The van der Waals surface area contributed by atoms with Crippen LogP contribution in [0.5, 0.6) is 0 Å². The lowest BCUT2D eigenvalue weighted by Crippen LogP contribution is -2.09. The minimum atomic E-state index is 1.12. The first-order chi connectivity index (χ1) is 25.7. The lowest BCUT2D eigenvalue weighted by molar-refractivity contribution is 1.29. The number of thiophene rings is 1. The fraction of sp³-hybridized carbons (Fsp3) is 0. The summed E-state index contributed by atoms with van der Waals surface area (Å²) in [6.07, 6.45) is 0. The van der Waals surface area contributed by atoms with E-state index in [1.807, 2.05) is 11.3 Å². The summed E-state index contributed by atoms with van der Waals surface area (Å²) < 4.78 is 2.59. The largest absolute Gasteiger partial charge is 0.310 e. The fourth-order valence-corrected chi connectivity index (χ4v) is 8.65. The zero-order chi connectivity index (χ0) is 34.4. The second kappa shape index (κ2) is 12.7. The van der Waals surface area contributed by atoms with Crippen molar-refractivity contribution in [3.8, 4) is 33.4 Å². The van der Waals surface area contributed by atoms with Crippen LogP contribution in [0.4, 0.5) is 17.1 Å². The Labute approximate surface area is 307 Å². The highest BCUT2D eigenvalue weighted by Crippen LogP contribution is 2.43. The van der Waals surface area contributed by atoms with E-state index in [1.165, 1.54) is 75.1 Å². The van der Waals surface area contributed by atoms with Crippen LogP contribution in [0.25, 0.3) is 75.1 Å². The van der Waals surface area contributed by atoms with Crippen molar-refractivity contribution in [2.75, 3.05) is 4.90 Å². The Balaban J connectivity index is 1.09. The molecule has 0 atom stereocenters. The second-order valence-electron chi connectivity index (χ2n) is 13.4. The number of nitrogens with zero attached hydrogens (tertiary/aromatic N) is 1. The summed E-state index contributed by atoms with van der Waals surface area (Å²) in [5.41, 5.74) is 10.7. The molecule has 0 amide bonds. The lowest BCUT2D eigenvalue weighted by atomic mass is 9.96. The summed E-state index contributed by atoms with van der Waals surface area (Å²) in [7, 11) is 0. The van der Waals surface area contributed by atoms with Crippen LogP contribution < -0.4 is 4.90 Å². The van der Waals surface area contributed by atoms with E-state index >= 15 is 0 Å². The lowest BCUT2D eigenvalue weighted by Gasteiger charge is -2.26. The Morgan fingerprint density at radius 1 is 0.269 bits per heavy atom. The van der Waals surface area contributed by atoms with Gasteiger partial charge in [-0.3, -0.25) is 0 Å². The van der Waals surface area contributed by atoms with Gasteiger partial charge in [-0.1, -0.05) is 140 Å². The van der Waals surface area contributed by atoms with Gasteiger partial charge < -0.3 is 4.90 Å². The van der Waals surface area contributed by atoms with Crippen molar-refractivity contribution in [3.63, 3.8) is 0 Å². The Morgan fingerprint density at radius 2 is 0.692 bits per heavy atom. The van der Waals surface area contributed by atoms with Gasteiger partial charge in [0.05, 0.1) is 0 Å². The molecule has 2 heteroatoms. The van der Waals surface area contributed by atoms with E-state index in [0.717, 1.165) is 17.1 Å². The van der Waals surface area contributed by atoms with Crippen molar-refractivity contribution < 1.29 is 0 Å². The molecule has 52 heavy (non-hydrogen) atoms. The molecule has 1 aromatic heterocycles. The van der Waals surface area contributed by atoms with Crippen LogP contribution in [-0.2, 0) is 0 Å². The maximum absolute atomic E-state index is 2.39. The molecule has 9 aromatic carbocycles. The van der Waals surface area contributed by atoms with Crippen molar-refractivity contribution >= 4 is 70.1 Å². The quantitative estimate of drug-likeness (QED) is 0.158. The highest BCUT2D eigenvalue weighted by atomic mass is 32.1. The summed E-state index contributed by atoms with van der Waals surface area (Å²) in [5.74, 6) is 0. The van der Waals surface area contributed by atoms with E-state index in [1.54, 1.807) is 0 Å². The first kappa shape index (κ1) is 30.4. The van der Waals surface area contributed by atoms with Gasteiger partial charge in [-0.15, -0.1) is 11.3 Å². The highest BCUT2D eigenvalue weighted by molar-refractivity contribution is 7.25. The van der Waals surface area contributed by atoms with Gasteiger partial charge in [-0.25, -0.2) is 0 Å². The third-order valence-electron chi connectivity index (χ3n) is 10.3. The van der Waals surface area contributed by atoms with Crippen molar-refractivity contribution in [3.05, 3.63) is 200 Å². The maximum Gasteiger partial charge on any atom is 0.0468 e. The molecular weight excluding hydrogens is 647 g/mol. The molecule has 10 rings (SSSR count). The molecule has 0 aliphatic carbocycles. The van der Waals surface area contributed by atoms with Gasteiger partial charge in [0, 0.05) is 37.2 Å². The average molecular weight is 680 g/mol. The first-order valence-corrected chi connectivity index (χ1v) is 18.6. The Kier molecular flexibility index (Phi) is 7.41. The molecule has 0 saturated carbocycles. The molecule has 0 fully saturated rings. The van der Waals surface area contributed by atoms with Gasteiger partial charge >= 0.3 is 0 Å². The molecule has 0 bridgehead atoms. The van der Waals surface area contributed by atoms with E-state index < -0.39 is 0 Å². The van der Waals surface area contributed by atoms with Gasteiger partial charge in [0.2, 0.25) is 0 Å². The van der Waals surface area contributed by atoms with Crippen LogP contribution in [0, 0.1) is 0 Å². The molecule has 0 spiro atoms. The van der Waals surface area contributed by atoms with Crippen LogP contribution in [0.3, 0.4) is 0 Å². The Hall–Kier alpha value is -6.48. The number of benzene rings is 9. The Bertz CT molecular complexity index is 2790. The van der Waals surface area contributed by atoms with Crippen molar-refractivity contribution in [2.45, 2.75) is 0 Å². The van der Waals surface area contributed by atoms with Crippen LogP contribution in [0.2, 0.25) is 0 Å². The smallest absolute Gasteiger partial charge is 0.0468 e. The minimum Gasteiger partial charge on any atom is -0.310 e. The molecule has 10 aromatic rings. The van der Waals surface area contributed by atoms with Crippen LogP contribution >= 0.6 is 11.3 Å². The van der Waals surface area contributed by atoms with Gasteiger partial charge in [0.25, 0.3) is 0 Å². The van der Waals surface area contributed by atoms with Gasteiger partial charge in [-0.2, -0.15) is 0 Å². The highest BCUT2D eigenvalue weighted by Gasteiger charge is 2.16. The number of hydrogen-bond donors (Lipinski definition) is 0. The molecule has 0 saturated heterocycles. The molecule has 0 radical (unpaired) electrons. The third-order valence-corrected chi connectivity index (χ3v) is 11.4. The molecule has 0 unspecified atom stereocenters. The maximum atomic E-state index is 2.39. The molecule has 0 N–H and O–H groups in total. The van der Waals surface area contributed by atoms with Crippen molar-refractivity contribution in [1.82, 2.24) is 0 Å². The normalized spacial score (nSPS) is 11.5. The van der Waals surface area contributed by atoms with Gasteiger partial charge in [0.15, 0.2) is 0 Å². The first-order valence-electron chi connectivity index (χ1n) is 17.7. The third kappa shape index (κ3) is 5.42. The number of rotatable bonds is 6. The summed E-state index contributed by atoms with van der Waals surface area (Å²) >= 11 is 1.86. The number of anilines is 3. The summed E-state index contributed by atoms with van der Waals surface area (Å²) in [5, 5.41) is 7.69. The van der Waals surface area contributed by atoms with Gasteiger partial charge in [-0.05, 0) is 116 Å². The summed E-state index contributed by atoms with van der Waals surface area (Å²) in [4.78, 5) is 2.38. The minimum absolute atomic E-state index is 1.12. The van der Waals surface area contributed by atoms with E-state index in [0.29, 0.717) is 0 Å². The Morgan fingerprint density at radius 3 is 1.33 bits per heavy atom. The average Bonchev–Trinajstić information content (AvgIpc) is 3.59. The monoisotopic (exact) mass is 679 g/mol. The summed E-state index contributed by atoms with van der Waals surface area (Å²) in [6, 6.07) is 73.0. The number of fused-ring (bicyclic) bond motifs is 6. The molecule has 0 aliphatic heterocycles.